The quantitative estimate of drug-likeness (QED) is 0.665. The Morgan fingerprint density at radius 3 is 2.56 bits per heavy atom. The maximum Gasteiger partial charge on any atom is 0.387 e. The molecule has 0 saturated heterocycles. The molecule has 0 saturated carbocycles. The number of alkyl halides is 3. The SMILES string of the molecule is FC(F)Oc1ccccc1C(Cl)c1sccc1Br. The fraction of sp³-hybridized carbons (Fsp3) is 0.167. The van der Waals surface area contributed by atoms with Crippen LogP contribution < -0.4 is 4.74 Å². The Hall–Kier alpha value is -0.650. The predicted molar refractivity (Wildman–Crippen MR) is 72.8 cm³/mol. The van der Waals surface area contributed by atoms with Crippen molar-refractivity contribution in [2.75, 3.05) is 0 Å². The minimum absolute atomic E-state index is 0.104. The first kappa shape index (κ1) is 13.8. The molecule has 1 aromatic heterocycles. The van der Waals surface area contributed by atoms with Crippen LogP contribution in [0.4, 0.5) is 8.78 Å². The number of ether oxygens (including phenoxy) is 1. The van der Waals surface area contributed by atoms with Gasteiger partial charge in [0.15, 0.2) is 0 Å². The summed E-state index contributed by atoms with van der Waals surface area (Å²) in [6, 6.07) is 8.41. The Balaban J connectivity index is 2.36. The summed E-state index contributed by atoms with van der Waals surface area (Å²) < 4.78 is 30.0. The Bertz CT molecular complexity index is 532. The lowest BCUT2D eigenvalue weighted by atomic mass is 10.1. The zero-order valence-electron chi connectivity index (χ0n) is 8.95. The van der Waals surface area contributed by atoms with Gasteiger partial charge in [-0.05, 0) is 33.4 Å². The number of halogens is 4. The molecule has 1 heterocycles. The molecule has 1 unspecified atom stereocenters. The molecule has 2 aromatic rings. The Labute approximate surface area is 120 Å². The Morgan fingerprint density at radius 2 is 1.94 bits per heavy atom. The third kappa shape index (κ3) is 3.02. The van der Waals surface area contributed by atoms with E-state index >= 15 is 0 Å². The summed E-state index contributed by atoms with van der Waals surface area (Å²) in [6.45, 7) is -2.86. The van der Waals surface area contributed by atoms with Crippen molar-refractivity contribution in [2.45, 2.75) is 12.0 Å². The van der Waals surface area contributed by atoms with E-state index in [1.54, 1.807) is 18.2 Å². The first-order valence-electron chi connectivity index (χ1n) is 5.00. The molecule has 1 aromatic carbocycles. The molecule has 0 N–H and O–H groups in total. The van der Waals surface area contributed by atoms with Gasteiger partial charge in [0.2, 0.25) is 0 Å². The molecule has 6 heteroatoms. The van der Waals surface area contributed by atoms with Crippen LogP contribution in [-0.4, -0.2) is 6.61 Å². The molecule has 0 aliphatic rings. The fourth-order valence-electron chi connectivity index (χ4n) is 1.52. The highest BCUT2D eigenvalue weighted by molar-refractivity contribution is 9.10. The number of hydrogen-bond acceptors (Lipinski definition) is 2. The van der Waals surface area contributed by atoms with Crippen molar-refractivity contribution in [1.29, 1.82) is 0 Å². The highest BCUT2D eigenvalue weighted by atomic mass is 79.9. The molecule has 0 radical (unpaired) electrons. The summed E-state index contributed by atoms with van der Waals surface area (Å²) in [5.41, 5.74) is 0.530. The molecule has 18 heavy (non-hydrogen) atoms. The van der Waals surface area contributed by atoms with Crippen LogP contribution in [0.2, 0.25) is 0 Å². The van der Waals surface area contributed by atoms with Crippen molar-refractivity contribution in [3.63, 3.8) is 0 Å². The van der Waals surface area contributed by atoms with Gasteiger partial charge >= 0.3 is 6.61 Å². The average Bonchev–Trinajstić information content (AvgIpc) is 2.74. The van der Waals surface area contributed by atoms with E-state index in [2.05, 4.69) is 20.7 Å². The first-order chi connectivity index (χ1) is 8.59. The lowest BCUT2D eigenvalue weighted by Gasteiger charge is -2.14. The van der Waals surface area contributed by atoms with Gasteiger partial charge < -0.3 is 4.74 Å². The third-order valence-corrected chi connectivity index (χ3v) is 4.80. The van der Waals surface area contributed by atoms with Gasteiger partial charge in [-0.1, -0.05) is 18.2 Å². The van der Waals surface area contributed by atoms with Crippen LogP contribution in [0.25, 0.3) is 0 Å². The minimum atomic E-state index is -2.86. The largest absolute Gasteiger partial charge is 0.434 e. The summed E-state index contributed by atoms with van der Waals surface area (Å²) in [6.07, 6.45) is 0. The molecule has 1 nitrogen and oxygen atoms in total. The maximum absolute atomic E-state index is 12.3. The van der Waals surface area contributed by atoms with E-state index in [-0.39, 0.29) is 5.75 Å². The highest BCUT2D eigenvalue weighted by Crippen LogP contribution is 2.41. The summed E-state index contributed by atoms with van der Waals surface area (Å²) in [7, 11) is 0. The zero-order valence-corrected chi connectivity index (χ0v) is 12.1. The van der Waals surface area contributed by atoms with Crippen molar-refractivity contribution in [3.05, 3.63) is 50.6 Å². The first-order valence-corrected chi connectivity index (χ1v) is 7.11. The van der Waals surface area contributed by atoms with Crippen LogP contribution in [0.3, 0.4) is 0 Å². The van der Waals surface area contributed by atoms with E-state index in [1.807, 2.05) is 11.4 Å². The second-order valence-corrected chi connectivity index (χ2v) is 5.65. The predicted octanol–water partition coefficient (Wildman–Crippen LogP) is 5.44. The fourth-order valence-corrected chi connectivity index (χ4v) is 3.70. The smallest absolute Gasteiger partial charge is 0.387 e. The van der Waals surface area contributed by atoms with Gasteiger partial charge in [-0.2, -0.15) is 8.78 Å². The number of para-hydroxylation sites is 1. The number of thiophene rings is 1. The molecule has 0 amide bonds. The third-order valence-electron chi connectivity index (χ3n) is 2.28. The van der Waals surface area contributed by atoms with E-state index in [4.69, 9.17) is 11.6 Å². The minimum Gasteiger partial charge on any atom is -0.434 e. The summed E-state index contributed by atoms with van der Waals surface area (Å²) in [4.78, 5) is 0.863. The second kappa shape index (κ2) is 5.99. The topological polar surface area (TPSA) is 9.23 Å². The van der Waals surface area contributed by atoms with Crippen LogP contribution >= 0.6 is 38.9 Å². The van der Waals surface area contributed by atoms with Crippen molar-refractivity contribution in [2.24, 2.45) is 0 Å². The molecule has 96 valence electrons. The molecule has 1 atom stereocenters. The van der Waals surface area contributed by atoms with Gasteiger partial charge in [0.05, 0.1) is 5.38 Å². The monoisotopic (exact) mass is 352 g/mol. The molecule has 2 rings (SSSR count). The van der Waals surface area contributed by atoms with Crippen molar-refractivity contribution >= 4 is 38.9 Å². The molecule has 0 spiro atoms. The van der Waals surface area contributed by atoms with E-state index in [0.717, 1.165) is 9.35 Å². The van der Waals surface area contributed by atoms with Crippen LogP contribution in [0.1, 0.15) is 15.8 Å². The van der Waals surface area contributed by atoms with Gasteiger partial charge in [0, 0.05) is 14.9 Å². The van der Waals surface area contributed by atoms with Gasteiger partial charge in [0.25, 0.3) is 0 Å². The van der Waals surface area contributed by atoms with Crippen LogP contribution in [0.15, 0.2) is 40.2 Å². The van der Waals surface area contributed by atoms with E-state index in [1.165, 1.54) is 17.4 Å². The van der Waals surface area contributed by atoms with E-state index in [0.29, 0.717) is 5.56 Å². The Kier molecular flexibility index (Phi) is 4.59. The van der Waals surface area contributed by atoms with Gasteiger partial charge in [-0.3, -0.25) is 0 Å². The average molecular weight is 354 g/mol. The summed E-state index contributed by atoms with van der Waals surface area (Å²) >= 11 is 11.2. The van der Waals surface area contributed by atoms with Crippen LogP contribution in [0, 0.1) is 0 Å². The van der Waals surface area contributed by atoms with E-state index in [9.17, 15) is 8.78 Å². The van der Waals surface area contributed by atoms with Crippen molar-refractivity contribution in [1.82, 2.24) is 0 Å². The van der Waals surface area contributed by atoms with Crippen molar-refractivity contribution < 1.29 is 13.5 Å². The summed E-state index contributed by atoms with van der Waals surface area (Å²) in [5.74, 6) is 0.104. The van der Waals surface area contributed by atoms with E-state index < -0.39 is 12.0 Å². The van der Waals surface area contributed by atoms with Gasteiger partial charge in [-0.25, -0.2) is 0 Å². The molecule has 0 aliphatic carbocycles. The Morgan fingerprint density at radius 1 is 1.22 bits per heavy atom. The summed E-state index contributed by atoms with van der Waals surface area (Å²) in [5, 5.41) is 1.36. The molecular formula is C12H8BrClF2OS. The molecule has 0 aliphatic heterocycles. The van der Waals surface area contributed by atoms with Crippen LogP contribution in [0.5, 0.6) is 5.75 Å². The van der Waals surface area contributed by atoms with Crippen molar-refractivity contribution in [3.8, 4) is 5.75 Å². The van der Waals surface area contributed by atoms with Gasteiger partial charge in [-0.15, -0.1) is 22.9 Å². The highest BCUT2D eigenvalue weighted by Gasteiger charge is 2.20. The molecular weight excluding hydrogens is 346 g/mol. The zero-order chi connectivity index (χ0) is 13.1. The number of hydrogen-bond donors (Lipinski definition) is 0. The number of rotatable bonds is 4. The second-order valence-electron chi connectivity index (χ2n) is 3.41. The molecule has 0 fully saturated rings. The lowest BCUT2D eigenvalue weighted by Crippen LogP contribution is -2.05. The van der Waals surface area contributed by atoms with Crippen LogP contribution in [-0.2, 0) is 0 Å². The maximum atomic E-state index is 12.3. The van der Waals surface area contributed by atoms with Gasteiger partial charge in [0.1, 0.15) is 5.75 Å². The standard InChI is InChI=1S/C12H8BrClF2OS/c13-8-5-6-18-11(8)10(14)7-3-1-2-4-9(7)17-12(15)16/h1-6,10,12H. The number of benzene rings is 1. The lowest BCUT2D eigenvalue weighted by molar-refractivity contribution is -0.0504. The molecule has 0 bridgehead atoms. The normalized spacial score (nSPS) is 12.7.